The Bertz CT molecular complexity index is 1150. The van der Waals surface area contributed by atoms with Crippen LogP contribution in [0.5, 0.6) is 11.5 Å². The smallest absolute Gasteiger partial charge is 0.354 e. The fourth-order valence-corrected chi connectivity index (χ4v) is 12.7. The summed E-state index contributed by atoms with van der Waals surface area (Å²) in [7, 11) is -0.860. The first-order chi connectivity index (χ1) is 16.9. The lowest BCUT2D eigenvalue weighted by molar-refractivity contribution is 0.0593. The van der Waals surface area contributed by atoms with Crippen LogP contribution in [0.25, 0.3) is 22.3 Å². The van der Waals surface area contributed by atoms with Gasteiger partial charge in [-0.15, -0.1) is 0 Å². The zero-order chi connectivity index (χ0) is 26.8. The molecule has 0 aliphatic rings. The van der Waals surface area contributed by atoms with Crippen molar-refractivity contribution in [3.63, 3.8) is 0 Å². The van der Waals surface area contributed by atoms with Crippen LogP contribution >= 0.6 is 0 Å². The predicted molar refractivity (Wildman–Crippen MR) is 151 cm³/mol. The van der Waals surface area contributed by atoms with Crippen molar-refractivity contribution in [1.29, 1.82) is 0 Å². The number of benzene rings is 2. The molecule has 0 atom stereocenters. The number of phenols is 1. The van der Waals surface area contributed by atoms with Crippen LogP contribution in [0.2, 0.25) is 16.6 Å². The number of hydrogen-bond acceptors (Lipinski definition) is 4. The van der Waals surface area contributed by atoms with E-state index in [1.54, 1.807) is 12.1 Å². The van der Waals surface area contributed by atoms with Gasteiger partial charge in [-0.2, -0.15) is 0 Å². The summed E-state index contributed by atoms with van der Waals surface area (Å²) in [4.78, 5) is 13.5. The largest absolute Gasteiger partial charge is 0.508 e. The zero-order valence-electron chi connectivity index (χ0n) is 23.1. The van der Waals surface area contributed by atoms with Crippen molar-refractivity contribution in [2.75, 3.05) is 7.11 Å². The molecule has 0 aliphatic heterocycles. The summed E-state index contributed by atoms with van der Waals surface area (Å²) in [6, 6.07) is 15.1. The van der Waals surface area contributed by atoms with Crippen molar-refractivity contribution in [2.24, 2.45) is 0 Å². The van der Waals surface area contributed by atoms with Gasteiger partial charge in [0.15, 0.2) is 8.24 Å². The Hall–Kier alpha value is -2.99. The molecule has 194 valence electrons. The Kier molecular flexibility index (Phi) is 8.39. The van der Waals surface area contributed by atoms with Gasteiger partial charge in [-0.1, -0.05) is 65.8 Å². The number of aromatic hydroxyl groups is 1. The first-order valence-electron chi connectivity index (χ1n) is 12.9. The number of carbonyl (C=O) groups excluding carboxylic acids is 1. The summed E-state index contributed by atoms with van der Waals surface area (Å²) in [5, 5.41) is 9.97. The highest BCUT2D eigenvalue weighted by Crippen LogP contribution is 2.47. The van der Waals surface area contributed by atoms with E-state index >= 15 is 0 Å². The molecule has 6 heteroatoms. The molecule has 1 aromatic heterocycles. The Morgan fingerprint density at radius 2 is 1.31 bits per heavy atom. The first kappa shape index (κ1) is 27.6. The van der Waals surface area contributed by atoms with Crippen LogP contribution in [0.3, 0.4) is 0 Å². The topological polar surface area (TPSA) is 60.7 Å². The molecule has 1 N–H and O–H groups in total. The predicted octanol–water partition coefficient (Wildman–Crippen LogP) is 8.13. The molecule has 0 fully saturated rings. The summed E-state index contributed by atoms with van der Waals surface area (Å²) in [6.07, 6.45) is 2.27. The standard InChI is InChI=1S/C30H41NO4Si/c1-19(2)35-26-16-12-23(13-17-26)27-18-31(36(20(3)4,21(5)6)22(7)8)29(30(33)34-9)28(27)24-10-14-25(32)15-11-24/h10-22,32H,1-9H3. The number of rotatable bonds is 9. The molecule has 2 aromatic carbocycles. The third kappa shape index (κ3) is 4.96. The highest BCUT2D eigenvalue weighted by Gasteiger charge is 2.48. The Morgan fingerprint density at radius 3 is 1.75 bits per heavy atom. The molecule has 5 nitrogen and oxygen atoms in total. The minimum absolute atomic E-state index is 0.0881. The highest BCUT2D eigenvalue weighted by atomic mass is 28.3. The van der Waals surface area contributed by atoms with Crippen molar-refractivity contribution in [3.8, 4) is 33.8 Å². The van der Waals surface area contributed by atoms with Gasteiger partial charge in [0.2, 0.25) is 0 Å². The van der Waals surface area contributed by atoms with Gasteiger partial charge in [0, 0.05) is 17.3 Å². The zero-order valence-corrected chi connectivity index (χ0v) is 24.1. The lowest BCUT2D eigenvalue weighted by Crippen LogP contribution is -2.52. The summed E-state index contributed by atoms with van der Waals surface area (Å²) < 4.78 is 13.6. The van der Waals surface area contributed by atoms with Crippen molar-refractivity contribution in [2.45, 2.75) is 78.1 Å². The van der Waals surface area contributed by atoms with Crippen LogP contribution in [0, 0.1) is 0 Å². The van der Waals surface area contributed by atoms with Gasteiger partial charge in [0.25, 0.3) is 0 Å². The minimum Gasteiger partial charge on any atom is -0.508 e. The maximum absolute atomic E-state index is 13.5. The second-order valence-electron chi connectivity index (χ2n) is 10.7. The molecule has 0 unspecified atom stereocenters. The van der Waals surface area contributed by atoms with Crippen molar-refractivity contribution in [3.05, 3.63) is 60.4 Å². The highest BCUT2D eigenvalue weighted by molar-refractivity contribution is 6.82. The molecule has 36 heavy (non-hydrogen) atoms. The Labute approximate surface area is 217 Å². The number of methoxy groups -OCH3 is 1. The maximum atomic E-state index is 13.5. The molecule has 0 spiro atoms. The van der Waals surface area contributed by atoms with Crippen LogP contribution in [0.4, 0.5) is 0 Å². The fraction of sp³-hybridized carbons (Fsp3) is 0.433. The average molecular weight is 508 g/mol. The molecule has 0 bridgehead atoms. The van der Waals surface area contributed by atoms with E-state index in [-0.39, 0.29) is 17.8 Å². The Balaban J connectivity index is 2.44. The molecular weight excluding hydrogens is 466 g/mol. The van der Waals surface area contributed by atoms with Gasteiger partial charge >= 0.3 is 5.97 Å². The van der Waals surface area contributed by atoms with Crippen LogP contribution in [-0.4, -0.2) is 36.8 Å². The number of ether oxygens (including phenoxy) is 2. The van der Waals surface area contributed by atoms with E-state index in [1.807, 2.05) is 50.2 Å². The van der Waals surface area contributed by atoms with E-state index in [2.05, 4.69) is 52.0 Å². The third-order valence-corrected chi connectivity index (χ3v) is 14.0. The molecular formula is C30H41NO4Si. The maximum Gasteiger partial charge on any atom is 0.354 e. The minimum atomic E-state index is -2.31. The van der Waals surface area contributed by atoms with E-state index in [4.69, 9.17) is 9.47 Å². The summed E-state index contributed by atoms with van der Waals surface area (Å²) in [6.45, 7) is 17.7. The third-order valence-electron chi connectivity index (χ3n) is 7.27. The monoisotopic (exact) mass is 507 g/mol. The molecule has 0 aliphatic carbocycles. The van der Waals surface area contributed by atoms with E-state index in [0.29, 0.717) is 22.3 Å². The fourth-order valence-electron chi connectivity index (χ4n) is 6.07. The number of hydrogen-bond donors (Lipinski definition) is 1. The van der Waals surface area contributed by atoms with Gasteiger partial charge < -0.3 is 18.8 Å². The van der Waals surface area contributed by atoms with Crippen molar-refractivity contribution < 1.29 is 19.4 Å². The van der Waals surface area contributed by atoms with E-state index in [0.717, 1.165) is 28.0 Å². The van der Waals surface area contributed by atoms with Crippen LogP contribution in [0.15, 0.2) is 54.7 Å². The van der Waals surface area contributed by atoms with E-state index in [9.17, 15) is 9.90 Å². The van der Waals surface area contributed by atoms with Crippen molar-refractivity contribution >= 4 is 14.2 Å². The SMILES string of the molecule is COC(=O)c1c(-c2ccc(O)cc2)c(-c2ccc(OC(C)C)cc2)cn1[Si](C(C)C)(C(C)C)C(C)C. The van der Waals surface area contributed by atoms with Gasteiger partial charge in [0.05, 0.1) is 13.2 Å². The molecule has 0 amide bonds. The summed E-state index contributed by atoms with van der Waals surface area (Å²) >= 11 is 0. The van der Waals surface area contributed by atoms with Gasteiger partial charge in [-0.3, -0.25) is 0 Å². The number of phenolic OH excluding ortho intramolecular Hbond substituents is 1. The van der Waals surface area contributed by atoms with Gasteiger partial charge in [-0.25, -0.2) is 4.79 Å². The van der Waals surface area contributed by atoms with E-state index < -0.39 is 8.24 Å². The number of esters is 1. The van der Waals surface area contributed by atoms with Gasteiger partial charge in [-0.05, 0) is 65.9 Å². The average Bonchev–Trinajstić information content (AvgIpc) is 3.19. The normalized spacial score (nSPS) is 12.1. The van der Waals surface area contributed by atoms with Crippen LogP contribution in [-0.2, 0) is 4.74 Å². The number of nitrogens with zero attached hydrogens (tertiary/aromatic N) is 1. The molecule has 0 saturated carbocycles. The summed E-state index contributed by atoms with van der Waals surface area (Å²) in [5.41, 5.74) is 5.40. The second kappa shape index (κ2) is 11.0. The molecule has 0 saturated heterocycles. The first-order valence-corrected chi connectivity index (χ1v) is 15.0. The quantitative estimate of drug-likeness (QED) is 0.235. The number of aromatic nitrogens is 1. The van der Waals surface area contributed by atoms with Gasteiger partial charge in [0.1, 0.15) is 17.2 Å². The number of carbonyl (C=O) groups is 1. The van der Waals surface area contributed by atoms with Crippen LogP contribution in [0.1, 0.15) is 65.9 Å². The van der Waals surface area contributed by atoms with Crippen LogP contribution < -0.4 is 4.74 Å². The summed E-state index contributed by atoms with van der Waals surface area (Å²) in [5.74, 6) is 0.649. The van der Waals surface area contributed by atoms with Crippen molar-refractivity contribution in [1.82, 2.24) is 4.23 Å². The molecule has 1 heterocycles. The molecule has 0 radical (unpaired) electrons. The lowest BCUT2D eigenvalue weighted by Gasteiger charge is -2.44. The second-order valence-corrected chi connectivity index (χ2v) is 16.4. The Morgan fingerprint density at radius 1 is 0.806 bits per heavy atom. The van der Waals surface area contributed by atoms with E-state index in [1.165, 1.54) is 7.11 Å². The molecule has 3 rings (SSSR count). The molecule has 3 aromatic rings. The lowest BCUT2D eigenvalue weighted by atomic mass is 9.96.